The number of quaternary nitrogens is 1. The molecule has 0 rings (SSSR count). The lowest BCUT2D eigenvalue weighted by atomic mass is 10.0. The predicted octanol–water partition coefficient (Wildman–Crippen LogP) is 26.3. The monoisotopic (exact) mass is 1400 g/mol. The van der Waals surface area contributed by atoms with Crippen molar-refractivity contribution in [2.45, 2.75) is 264 Å². The zero-order chi connectivity index (χ0) is 72.5. The standard InChI is InChI=1S/C90H140NO8P/c1-6-8-10-12-14-16-18-20-22-24-26-28-30-32-34-36-38-40-42-43-44-45-46-47-49-51-53-55-57-59-61-63-65-67-69-71-73-75-77-79-81-83-90(93)99-88(87-98-100(94,95)97-85-84-91(3,4)5)86-96-89(92)82-80-78-76-74-72-70-68-66-64-62-60-58-56-54-52-50-48-41-39-37-35-33-31-29-27-25-23-21-19-17-15-13-11-9-7-2/h8-11,14-17,20-23,26-29,32-35,38-41,43-44,46-47,50-53,56-59,62,64,68,70,88H,6-7,12-13,18-19,24-25,30-31,36-37,42,45,48-49,54-55,60-61,63,65-67,69,71-87H2,1-5H3/p+1/b10-8-,11-9-,16-14-,17-15-,22-20-,23-21-,28-26-,29-27-,34-32-,35-33-,40-38-,41-39-,44-43-,47-46-,52-50-,53-51-,58-56-,59-57-,64-62-,70-68-. The lowest BCUT2D eigenvalue weighted by Crippen LogP contribution is -2.37. The fourth-order valence-corrected chi connectivity index (χ4v) is 10.3. The molecule has 0 bridgehead atoms. The number of hydrogen-bond donors (Lipinski definition) is 1. The van der Waals surface area contributed by atoms with E-state index in [2.05, 4.69) is 257 Å². The maximum atomic E-state index is 12.9. The molecule has 0 aliphatic rings. The minimum absolute atomic E-state index is 0.0132. The predicted molar refractivity (Wildman–Crippen MR) is 435 cm³/mol. The van der Waals surface area contributed by atoms with E-state index in [1.165, 1.54) is 38.5 Å². The second kappa shape index (κ2) is 77.0. The third kappa shape index (κ3) is 80.8. The van der Waals surface area contributed by atoms with Crippen LogP contribution in [0.2, 0.25) is 0 Å². The van der Waals surface area contributed by atoms with E-state index in [0.29, 0.717) is 23.9 Å². The van der Waals surface area contributed by atoms with E-state index in [9.17, 15) is 19.0 Å². The Morgan fingerprint density at radius 2 is 0.540 bits per heavy atom. The number of carbonyl (C=O) groups excluding carboxylic acids is 2. The largest absolute Gasteiger partial charge is 0.472 e. The molecule has 2 unspecified atom stereocenters. The van der Waals surface area contributed by atoms with Gasteiger partial charge in [-0.15, -0.1) is 0 Å². The van der Waals surface area contributed by atoms with Crippen molar-refractivity contribution in [3.8, 4) is 0 Å². The van der Waals surface area contributed by atoms with Crippen LogP contribution in [-0.4, -0.2) is 74.9 Å². The summed E-state index contributed by atoms with van der Waals surface area (Å²) in [5.41, 5.74) is 0. The summed E-state index contributed by atoms with van der Waals surface area (Å²) < 4.78 is 34.7. The van der Waals surface area contributed by atoms with E-state index in [1.54, 1.807) is 0 Å². The van der Waals surface area contributed by atoms with Crippen molar-refractivity contribution < 1.29 is 42.1 Å². The minimum Gasteiger partial charge on any atom is -0.462 e. The van der Waals surface area contributed by atoms with Gasteiger partial charge in [0.1, 0.15) is 19.8 Å². The first-order chi connectivity index (χ1) is 49.0. The Kier molecular flexibility index (Phi) is 72.2. The number of esters is 2. The number of phosphoric ester groups is 1. The summed E-state index contributed by atoms with van der Waals surface area (Å²) in [6.45, 7) is 4.14. The van der Waals surface area contributed by atoms with E-state index < -0.39 is 32.5 Å². The van der Waals surface area contributed by atoms with E-state index in [-0.39, 0.29) is 26.1 Å². The highest BCUT2D eigenvalue weighted by atomic mass is 31.2. The molecule has 0 fully saturated rings. The Balaban J connectivity index is 4.17. The van der Waals surface area contributed by atoms with E-state index in [1.807, 2.05) is 21.1 Å². The number of carbonyl (C=O) groups is 2. The average Bonchev–Trinajstić information content (AvgIpc) is 1.30. The van der Waals surface area contributed by atoms with Crippen LogP contribution in [0.5, 0.6) is 0 Å². The summed E-state index contributed by atoms with van der Waals surface area (Å²) in [7, 11) is 1.43. The van der Waals surface area contributed by atoms with Gasteiger partial charge < -0.3 is 18.9 Å². The molecule has 0 aliphatic carbocycles. The molecule has 2 atom stereocenters. The van der Waals surface area contributed by atoms with Crippen molar-refractivity contribution in [1.29, 1.82) is 0 Å². The molecule has 0 radical (unpaired) electrons. The summed E-state index contributed by atoms with van der Waals surface area (Å²) in [5, 5.41) is 0. The number of nitrogens with zero attached hydrogens (tertiary/aromatic N) is 1. The van der Waals surface area contributed by atoms with Crippen LogP contribution < -0.4 is 0 Å². The van der Waals surface area contributed by atoms with Crippen molar-refractivity contribution >= 4 is 19.8 Å². The van der Waals surface area contributed by atoms with Gasteiger partial charge in [0.05, 0.1) is 27.7 Å². The smallest absolute Gasteiger partial charge is 0.462 e. The summed E-state index contributed by atoms with van der Waals surface area (Å²) in [6, 6.07) is 0. The number of phosphoric acid groups is 1. The highest BCUT2D eigenvalue weighted by Crippen LogP contribution is 2.43. The Bertz CT molecular complexity index is 2600. The fraction of sp³-hybridized carbons (Fsp3) is 0.533. The third-order valence-corrected chi connectivity index (χ3v) is 16.4. The zero-order valence-electron chi connectivity index (χ0n) is 63.6. The van der Waals surface area contributed by atoms with Crippen molar-refractivity contribution in [2.24, 2.45) is 0 Å². The van der Waals surface area contributed by atoms with Gasteiger partial charge in [-0.05, 0) is 167 Å². The molecule has 100 heavy (non-hydrogen) atoms. The quantitative estimate of drug-likeness (QED) is 0.0211. The van der Waals surface area contributed by atoms with E-state index >= 15 is 0 Å². The molecule has 0 aliphatic heterocycles. The number of rotatable bonds is 68. The van der Waals surface area contributed by atoms with Crippen LogP contribution in [0.4, 0.5) is 0 Å². The molecule has 10 heteroatoms. The maximum Gasteiger partial charge on any atom is 0.472 e. The Hall–Kier alpha value is -6.19. The van der Waals surface area contributed by atoms with Gasteiger partial charge in [-0.3, -0.25) is 18.6 Å². The molecule has 0 aromatic rings. The van der Waals surface area contributed by atoms with Crippen molar-refractivity contribution in [3.63, 3.8) is 0 Å². The summed E-state index contributed by atoms with van der Waals surface area (Å²) in [5.74, 6) is -0.849. The maximum absolute atomic E-state index is 12.9. The molecule has 9 nitrogen and oxygen atoms in total. The molecule has 0 amide bonds. The van der Waals surface area contributed by atoms with Gasteiger partial charge in [0.15, 0.2) is 6.10 Å². The number of hydrogen-bond acceptors (Lipinski definition) is 7. The van der Waals surface area contributed by atoms with Gasteiger partial charge in [0, 0.05) is 12.8 Å². The minimum atomic E-state index is -4.42. The topological polar surface area (TPSA) is 108 Å². The van der Waals surface area contributed by atoms with Crippen molar-refractivity contribution in [3.05, 3.63) is 243 Å². The molecular formula is C90H141NO8P+. The van der Waals surface area contributed by atoms with Gasteiger partial charge in [-0.2, -0.15) is 0 Å². The first kappa shape index (κ1) is 93.8. The number of allylic oxidation sites excluding steroid dienone is 40. The first-order valence-electron chi connectivity index (χ1n) is 38.8. The molecule has 1 N–H and O–H groups in total. The molecular weight excluding hydrogens is 1250 g/mol. The molecule has 0 saturated carbocycles. The SMILES string of the molecule is CC/C=C\C/C=C\C/C=C\C/C=C\C/C=C\C/C=C\C/C=C\C/C=C\C/C=C\C/C=C\CCCCCCCCCCCCC(=O)OC(COC(=O)CCCCCC/C=C\C/C=C\C/C=C\C/C=C\C/C=C\C/C=C\C/C=C\C/C=C\C/C=C\C/C=C\CC)COP(=O)(O)OCC[N+](C)(C)C. The summed E-state index contributed by atoms with van der Waals surface area (Å²) in [6.07, 6.45) is 126. The number of likely N-dealkylation sites (N-methyl/N-ethyl adjacent to an activating group) is 1. The third-order valence-electron chi connectivity index (χ3n) is 15.4. The van der Waals surface area contributed by atoms with Crippen molar-refractivity contribution in [2.75, 3.05) is 47.5 Å². The Labute approximate surface area is 613 Å². The van der Waals surface area contributed by atoms with Crippen LogP contribution in [0.25, 0.3) is 0 Å². The van der Waals surface area contributed by atoms with E-state index in [4.69, 9.17) is 18.5 Å². The second-order valence-corrected chi connectivity index (χ2v) is 27.4. The molecule has 0 heterocycles. The first-order valence-corrected chi connectivity index (χ1v) is 40.3. The second-order valence-electron chi connectivity index (χ2n) is 25.9. The molecule has 0 saturated heterocycles. The Morgan fingerprint density at radius 3 is 0.800 bits per heavy atom. The zero-order valence-corrected chi connectivity index (χ0v) is 64.5. The fourth-order valence-electron chi connectivity index (χ4n) is 9.54. The average molecular weight is 1400 g/mol. The molecule has 0 aromatic carbocycles. The van der Waals surface area contributed by atoms with Gasteiger partial charge in [0.2, 0.25) is 0 Å². The van der Waals surface area contributed by atoms with Gasteiger partial charge in [0.25, 0.3) is 0 Å². The normalized spacial score (nSPS) is 14.4. The lowest BCUT2D eigenvalue weighted by Gasteiger charge is -2.24. The highest BCUT2D eigenvalue weighted by Gasteiger charge is 2.27. The van der Waals surface area contributed by atoms with Gasteiger partial charge >= 0.3 is 19.8 Å². The van der Waals surface area contributed by atoms with Crippen LogP contribution in [0.15, 0.2) is 243 Å². The van der Waals surface area contributed by atoms with Crippen LogP contribution in [-0.2, 0) is 32.7 Å². The van der Waals surface area contributed by atoms with Gasteiger partial charge in [-0.25, -0.2) is 4.57 Å². The summed E-state index contributed by atoms with van der Waals surface area (Å²) in [4.78, 5) is 36.0. The van der Waals surface area contributed by atoms with Crippen LogP contribution >= 0.6 is 7.82 Å². The number of unbranched alkanes of at least 4 members (excludes halogenated alkanes) is 14. The lowest BCUT2D eigenvalue weighted by molar-refractivity contribution is -0.870. The Morgan fingerprint density at radius 1 is 0.310 bits per heavy atom. The van der Waals surface area contributed by atoms with Crippen LogP contribution in [0.1, 0.15) is 258 Å². The summed E-state index contributed by atoms with van der Waals surface area (Å²) >= 11 is 0. The molecule has 0 aromatic heterocycles. The molecule has 0 spiro atoms. The van der Waals surface area contributed by atoms with E-state index in [0.717, 1.165) is 180 Å². The number of ether oxygens (including phenoxy) is 2. The van der Waals surface area contributed by atoms with Crippen LogP contribution in [0, 0.1) is 0 Å². The van der Waals surface area contributed by atoms with Crippen molar-refractivity contribution in [1.82, 2.24) is 0 Å². The van der Waals surface area contributed by atoms with Crippen LogP contribution in [0.3, 0.4) is 0 Å². The van der Waals surface area contributed by atoms with Gasteiger partial charge in [-0.1, -0.05) is 321 Å². The molecule has 558 valence electrons. The highest BCUT2D eigenvalue weighted by molar-refractivity contribution is 7.47.